The number of amides is 1. The molecule has 1 aromatic heterocycles. The van der Waals surface area contributed by atoms with E-state index in [-0.39, 0.29) is 5.91 Å². The zero-order valence-electron chi connectivity index (χ0n) is 17.0. The van der Waals surface area contributed by atoms with E-state index in [2.05, 4.69) is 33.2 Å². The lowest BCUT2D eigenvalue weighted by Crippen LogP contribution is -2.49. The fourth-order valence-corrected chi connectivity index (χ4v) is 3.60. The number of carbonyl (C=O) groups is 1. The molecule has 6 nitrogen and oxygen atoms in total. The molecule has 2 heterocycles. The third-order valence-electron chi connectivity index (χ3n) is 5.20. The van der Waals surface area contributed by atoms with Gasteiger partial charge < -0.3 is 14.5 Å². The average Bonchev–Trinajstić information content (AvgIpc) is 2.82. The van der Waals surface area contributed by atoms with E-state index < -0.39 is 0 Å². The largest absolute Gasteiger partial charge is 0.486 e. The molecule has 1 amide bonds. The minimum atomic E-state index is 0.0640. The van der Waals surface area contributed by atoms with Gasteiger partial charge in [0.15, 0.2) is 5.76 Å². The van der Waals surface area contributed by atoms with E-state index in [1.54, 1.807) is 12.4 Å². The Labute approximate surface area is 176 Å². The molecular weight excluding hydrogens is 376 g/mol. The number of benzene rings is 2. The Bertz CT molecular complexity index is 1100. The maximum Gasteiger partial charge on any atom is 0.253 e. The van der Waals surface area contributed by atoms with E-state index in [0.29, 0.717) is 44.5 Å². The first-order valence-electron chi connectivity index (χ1n) is 10.1. The molecule has 0 unspecified atom stereocenters. The number of piperazine rings is 1. The Hall–Kier alpha value is -3.63. The zero-order chi connectivity index (χ0) is 20.9. The minimum absolute atomic E-state index is 0.0640. The highest BCUT2D eigenvalue weighted by Crippen LogP contribution is 2.19. The number of fused-ring (bicyclic) bond motifs is 1. The molecule has 1 saturated heterocycles. The van der Waals surface area contributed by atoms with Crippen LogP contribution >= 0.6 is 0 Å². The van der Waals surface area contributed by atoms with Crippen molar-refractivity contribution in [1.82, 2.24) is 14.9 Å². The normalized spacial score (nSPS) is 13.8. The van der Waals surface area contributed by atoms with Gasteiger partial charge in [0.1, 0.15) is 0 Å². The molecule has 2 aromatic carbocycles. The highest BCUT2D eigenvalue weighted by Gasteiger charge is 2.23. The minimum Gasteiger partial charge on any atom is -0.486 e. The maximum absolute atomic E-state index is 12.9. The molecule has 3 aromatic rings. The summed E-state index contributed by atoms with van der Waals surface area (Å²) in [6.07, 6.45) is 3.44. The molecule has 1 fully saturated rings. The van der Waals surface area contributed by atoms with Crippen LogP contribution in [0.4, 0.5) is 5.95 Å². The Morgan fingerprint density at radius 1 is 1.03 bits per heavy atom. The highest BCUT2D eigenvalue weighted by atomic mass is 16.5. The van der Waals surface area contributed by atoms with Gasteiger partial charge in [-0.15, -0.1) is 0 Å². The molecule has 0 atom stereocenters. The Morgan fingerprint density at radius 3 is 2.40 bits per heavy atom. The van der Waals surface area contributed by atoms with Crippen LogP contribution in [-0.4, -0.2) is 53.6 Å². The molecule has 1 aliphatic rings. The van der Waals surface area contributed by atoms with Crippen molar-refractivity contribution in [1.29, 1.82) is 0 Å². The van der Waals surface area contributed by atoms with Crippen molar-refractivity contribution < 1.29 is 9.53 Å². The average molecular weight is 400 g/mol. The van der Waals surface area contributed by atoms with Gasteiger partial charge in [0, 0.05) is 44.1 Å². The second kappa shape index (κ2) is 8.80. The molecule has 30 heavy (non-hydrogen) atoms. The number of hydrogen-bond acceptors (Lipinski definition) is 5. The summed E-state index contributed by atoms with van der Waals surface area (Å²) in [6.45, 7) is 8.73. The molecule has 6 heteroatoms. The van der Waals surface area contributed by atoms with Gasteiger partial charge >= 0.3 is 0 Å². The van der Waals surface area contributed by atoms with Crippen molar-refractivity contribution in [3.05, 3.63) is 78.3 Å². The standard InChI is InChI=1S/C24H24N4O2/c1-3-22(30-4-2)21-16-25-24(26-17-21)28-13-11-27(12-14-28)23(29)20-10-9-18-7-5-6-8-19(18)15-20/h5-10,15-17H,1,4,11-14H2,2H3. The van der Waals surface area contributed by atoms with Gasteiger partial charge in [-0.1, -0.05) is 42.6 Å². The summed E-state index contributed by atoms with van der Waals surface area (Å²) in [4.78, 5) is 25.8. The predicted octanol–water partition coefficient (Wildman–Crippen LogP) is 3.75. The van der Waals surface area contributed by atoms with E-state index in [4.69, 9.17) is 4.74 Å². The lowest BCUT2D eigenvalue weighted by molar-refractivity contribution is 0.0746. The zero-order valence-corrected chi connectivity index (χ0v) is 17.0. The van der Waals surface area contributed by atoms with Gasteiger partial charge in [-0.05, 0) is 29.8 Å². The van der Waals surface area contributed by atoms with Crippen LogP contribution in [0.5, 0.6) is 0 Å². The molecule has 0 spiro atoms. The fourth-order valence-electron chi connectivity index (χ4n) is 3.60. The van der Waals surface area contributed by atoms with Crippen molar-refractivity contribution in [2.75, 3.05) is 37.7 Å². The summed E-state index contributed by atoms with van der Waals surface area (Å²) in [5.41, 5.74) is 4.24. The molecule has 0 aliphatic carbocycles. The van der Waals surface area contributed by atoms with Crippen LogP contribution in [-0.2, 0) is 4.74 Å². The lowest BCUT2D eigenvalue weighted by Gasteiger charge is -2.34. The number of anilines is 1. The molecule has 0 N–H and O–H groups in total. The van der Waals surface area contributed by atoms with E-state index in [9.17, 15) is 4.79 Å². The van der Waals surface area contributed by atoms with Gasteiger partial charge in [-0.2, -0.15) is 0 Å². The molecule has 0 radical (unpaired) electrons. The summed E-state index contributed by atoms with van der Waals surface area (Å²) >= 11 is 0. The number of rotatable bonds is 5. The fraction of sp³-hybridized carbons (Fsp3) is 0.250. The molecule has 0 saturated carbocycles. The Kier molecular flexibility index (Phi) is 5.77. The van der Waals surface area contributed by atoms with Crippen LogP contribution in [0.2, 0.25) is 0 Å². The molecular formula is C24H24N4O2. The molecule has 1 aliphatic heterocycles. The summed E-state index contributed by atoms with van der Waals surface area (Å²) in [6, 6.07) is 13.9. The van der Waals surface area contributed by atoms with E-state index in [1.165, 1.54) is 0 Å². The second-order valence-corrected chi connectivity index (χ2v) is 7.05. The molecule has 152 valence electrons. The summed E-state index contributed by atoms with van der Waals surface area (Å²) in [7, 11) is 0. The first-order valence-corrected chi connectivity index (χ1v) is 10.1. The maximum atomic E-state index is 12.9. The van der Waals surface area contributed by atoms with Gasteiger partial charge in [0.25, 0.3) is 5.91 Å². The van der Waals surface area contributed by atoms with Crippen LogP contribution < -0.4 is 4.90 Å². The summed E-state index contributed by atoms with van der Waals surface area (Å²) in [5.74, 6) is 1.26. The van der Waals surface area contributed by atoms with Crippen LogP contribution in [0, 0.1) is 0 Å². The summed E-state index contributed by atoms with van der Waals surface area (Å²) in [5, 5.41) is 2.22. The van der Waals surface area contributed by atoms with E-state index >= 15 is 0 Å². The third kappa shape index (κ3) is 4.04. The van der Waals surface area contributed by atoms with Gasteiger partial charge in [-0.25, -0.2) is 9.97 Å². The SMILES string of the molecule is C=C=C(OCC)c1cnc(N2CCN(C(=O)c3ccc4ccccc4c3)CC2)nc1. The van der Waals surface area contributed by atoms with Crippen LogP contribution in [0.15, 0.2) is 67.2 Å². The monoisotopic (exact) mass is 400 g/mol. The molecule has 0 bridgehead atoms. The van der Waals surface area contributed by atoms with Crippen LogP contribution in [0.1, 0.15) is 22.8 Å². The van der Waals surface area contributed by atoms with Crippen molar-refractivity contribution in [3.63, 3.8) is 0 Å². The van der Waals surface area contributed by atoms with Crippen molar-refractivity contribution in [2.45, 2.75) is 6.92 Å². The van der Waals surface area contributed by atoms with Crippen molar-refractivity contribution in [2.24, 2.45) is 0 Å². The first-order chi connectivity index (χ1) is 14.7. The quantitative estimate of drug-likeness (QED) is 0.482. The first kappa shape index (κ1) is 19.7. The van der Waals surface area contributed by atoms with Gasteiger partial charge in [0.05, 0.1) is 12.2 Å². The second-order valence-electron chi connectivity index (χ2n) is 7.05. The third-order valence-corrected chi connectivity index (χ3v) is 5.20. The van der Waals surface area contributed by atoms with Crippen LogP contribution in [0.3, 0.4) is 0 Å². The predicted molar refractivity (Wildman–Crippen MR) is 118 cm³/mol. The van der Waals surface area contributed by atoms with E-state index in [1.807, 2.05) is 48.2 Å². The van der Waals surface area contributed by atoms with E-state index in [0.717, 1.165) is 21.9 Å². The van der Waals surface area contributed by atoms with Crippen LogP contribution in [0.25, 0.3) is 16.5 Å². The number of nitrogens with zero attached hydrogens (tertiary/aromatic N) is 4. The smallest absolute Gasteiger partial charge is 0.253 e. The van der Waals surface area contributed by atoms with Gasteiger partial charge in [0.2, 0.25) is 5.95 Å². The van der Waals surface area contributed by atoms with Crippen molar-refractivity contribution in [3.8, 4) is 0 Å². The number of ether oxygens (including phenoxy) is 1. The molecule has 4 rings (SSSR count). The van der Waals surface area contributed by atoms with Crippen molar-refractivity contribution >= 4 is 28.4 Å². The summed E-state index contributed by atoms with van der Waals surface area (Å²) < 4.78 is 5.48. The van der Waals surface area contributed by atoms with Gasteiger partial charge in [-0.3, -0.25) is 4.79 Å². The lowest BCUT2D eigenvalue weighted by atomic mass is 10.1. The number of carbonyl (C=O) groups excluding carboxylic acids is 1. The topological polar surface area (TPSA) is 58.6 Å². The Morgan fingerprint density at radius 2 is 1.73 bits per heavy atom. The highest BCUT2D eigenvalue weighted by molar-refractivity contribution is 5.98. The number of aromatic nitrogens is 2. The Balaban J connectivity index is 1.40. The number of hydrogen-bond donors (Lipinski definition) is 0.